The van der Waals surface area contributed by atoms with E-state index < -0.39 is 0 Å². The Balaban J connectivity index is 2.20. The zero-order chi connectivity index (χ0) is 9.42. The molecule has 1 aromatic heterocycles. The minimum absolute atomic E-state index is 0.508. The molecule has 0 saturated carbocycles. The van der Waals surface area contributed by atoms with E-state index in [1.807, 2.05) is 29.4 Å². The van der Waals surface area contributed by atoms with Crippen LogP contribution < -0.4 is 5.73 Å². The highest BCUT2D eigenvalue weighted by Gasteiger charge is 2.25. The Kier molecular flexibility index (Phi) is 2.24. The number of nitrogen functional groups attached to an aromatic ring is 1. The van der Waals surface area contributed by atoms with Gasteiger partial charge in [-0.05, 0) is 13.3 Å². The van der Waals surface area contributed by atoms with Crippen LogP contribution in [0.3, 0.4) is 0 Å². The van der Waals surface area contributed by atoms with Crippen molar-refractivity contribution >= 4 is 17.6 Å². The van der Waals surface area contributed by atoms with Crippen molar-refractivity contribution in [1.82, 2.24) is 9.78 Å². The smallest absolute Gasteiger partial charge is 0.122 e. The van der Waals surface area contributed by atoms with Gasteiger partial charge in [-0.3, -0.25) is 0 Å². The number of anilines is 1. The van der Waals surface area contributed by atoms with E-state index in [2.05, 4.69) is 12.0 Å². The molecule has 4 heteroatoms. The number of hydrogen-bond donors (Lipinski definition) is 1. The van der Waals surface area contributed by atoms with Crippen molar-refractivity contribution < 1.29 is 0 Å². The highest BCUT2D eigenvalue weighted by atomic mass is 32.2. The summed E-state index contributed by atoms with van der Waals surface area (Å²) in [5.41, 5.74) is 6.87. The number of aryl methyl sites for hydroxylation is 1. The monoisotopic (exact) mass is 197 g/mol. The fourth-order valence-corrected chi connectivity index (χ4v) is 2.98. The van der Waals surface area contributed by atoms with E-state index in [4.69, 9.17) is 5.73 Å². The number of rotatable bonds is 1. The molecule has 72 valence electrons. The lowest BCUT2D eigenvalue weighted by Gasteiger charge is -2.10. The highest BCUT2D eigenvalue weighted by Crippen LogP contribution is 2.35. The molecule has 1 aromatic rings. The van der Waals surface area contributed by atoms with Crippen LogP contribution in [-0.4, -0.2) is 20.8 Å². The van der Waals surface area contributed by atoms with Gasteiger partial charge in [-0.25, -0.2) is 4.68 Å². The molecular formula is C9H15N3S. The highest BCUT2D eigenvalue weighted by molar-refractivity contribution is 8.00. The van der Waals surface area contributed by atoms with E-state index in [1.165, 1.54) is 6.42 Å². The largest absolute Gasteiger partial charge is 0.384 e. The maximum absolute atomic E-state index is 5.86. The molecule has 0 aromatic carbocycles. The van der Waals surface area contributed by atoms with E-state index in [1.54, 1.807) is 0 Å². The van der Waals surface area contributed by atoms with Crippen LogP contribution in [0.1, 0.15) is 25.1 Å². The van der Waals surface area contributed by atoms with E-state index >= 15 is 0 Å². The quantitative estimate of drug-likeness (QED) is 0.747. The third kappa shape index (κ3) is 1.68. The predicted octanol–water partition coefficient (Wildman–Crippen LogP) is 1.84. The molecule has 0 radical (unpaired) electrons. The first-order chi connectivity index (χ1) is 6.16. The van der Waals surface area contributed by atoms with Crippen molar-refractivity contribution in [1.29, 1.82) is 0 Å². The summed E-state index contributed by atoms with van der Waals surface area (Å²) >= 11 is 2.00. The van der Waals surface area contributed by atoms with Crippen molar-refractivity contribution in [3.8, 4) is 0 Å². The Morgan fingerprint density at radius 3 is 2.92 bits per heavy atom. The standard InChI is InChI=1S/C9H15N3S/c1-6-3-9(10)12(11-6)8-4-7(2)13-5-8/h3,7-8H,4-5,10H2,1-2H3. The minimum atomic E-state index is 0.508. The molecule has 0 bridgehead atoms. The van der Waals surface area contributed by atoms with Gasteiger partial charge in [0.15, 0.2) is 0 Å². The van der Waals surface area contributed by atoms with Gasteiger partial charge in [0.05, 0.1) is 11.7 Å². The number of thioether (sulfide) groups is 1. The molecule has 1 saturated heterocycles. The van der Waals surface area contributed by atoms with E-state index in [9.17, 15) is 0 Å². The molecule has 2 unspecified atom stereocenters. The van der Waals surface area contributed by atoms with Crippen molar-refractivity contribution in [3.63, 3.8) is 0 Å². The van der Waals surface area contributed by atoms with Crippen LogP contribution in [0.15, 0.2) is 6.07 Å². The van der Waals surface area contributed by atoms with E-state index in [0.29, 0.717) is 6.04 Å². The van der Waals surface area contributed by atoms with Crippen molar-refractivity contribution in [2.45, 2.75) is 31.6 Å². The minimum Gasteiger partial charge on any atom is -0.384 e. The predicted molar refractivity (Wildman–Crippen MR) is 57.0 cm³/mol. The molecule has 0 aliphatic carbocycles. The normalized spacial score (nSPS) is 28.2. The zero-order valence-corrected chi connectivity index (χ0v) is 8.84. The number of nitrogens with two attached hydrogens (primary N) is 1. The molecule has 1 fully saturated rings. The van der Waals surface area contributed by atoms with E-state index in [-0.39, 0.29) is 0 Å². The van der Waals surface area contributed by atoms with Crippen molar-refractivity contribution in [3.05, 3.63) is 11.8 Å². The van der Waals surface area contributed by atoms with Gasteiger partial charge in [0, 0.05) is 17.1 Å². The van der Waals surface area contributed by atoms with Gasteiger partial charge < -0.3 is 5.73 Å². The summed E-state index contributed by atoms with van der Waals surface area (Å²) in [5.74, 6) is 1.95. The molecule has 2 atom stereocenters. The second-order valence-corrected chi connectivity index (χ2v) is 5.16. The van der Waals surface area contributed by atoms with Crippen LogP contribution in [0.25, 0.3) is 0 Å². The van der Waals surface area contributed by atoms with Crippen LogP contribution >= 0.6 is 11.8 Å². The first-order valence-corrected chi connectivity index (χ1v) is 5.65. The summed E-state index contributed by atoms with van der Waals surface area (Å²) < 4.78 is 1.98. The lowest BCUT2D eigenvalue weighted by Crippen LogP contribution is -2.13. The Morgan fingerprint density at radius 2 is 2.46 bits per heavy atom. The number of nitrogens with zero attached hydrogens (tertiary/aromatic N) is 2. The average Bonchev–Trinajstić information content (AvgIpc) is 2.58. The van der Waals surface area contributed by atoms with Crippen LogP contribution in [0.4, 0.5) is 5.82 Å². The summed E-state index contributed by atoms with van der Waals surface area (Å²) in [6, 6.07) is 2.45. The Hall–Kier alpha value is -0.640. The van der Waals surface area contributed by atoms with Gasteiger partial charge in [-0.15, -0.1) is 0 Å². The third-order valence-electron chi connectivity index (χ3n) is 2.41. The third-order valence-corrected chi connectivity index (χ3v) is 3.75. The lowest BCUT2D eigenvalue weighted by atomic mass is 10.2. The molecular weight excluding hydrogens is 182 g/mol. The van der Waals surface area contributed by atoms with Gasteiger partial charge in [0.2, 0.25) is 0 Å². The molecule has 3 nitrogen and oxygen atoms in total. The van der Waals surface area contributed by atoms with Crippen molar-refractivity contribution in [2.75, 3.05) is 11.5 Å². The second kappa shape index (κ2) is 3.25. The SMILES string of the molecule is Cc1cc(N)n(C2CSC(C)C2)n1. The zero-order valence-electron chi connectivity index (χ0n) is 8.03. The lowest BCUT2D eigenvalue weighted by molar-refractivity contribution is 0.489. The Bertz CT molecular complexity index is 308. The summed E-state index contributed by atoms with van der Waals surface area (Å²) in [6.45, 7) is 4.25. The molecule has 0 spiro atoms. The van der Waals surface area contributed by atoms with Crippen LogP contribution in [0, 0.1) is 6.92 Å². The summed E-state index contributed by atoms with van der Waals surface area (Å²) in [4.78, 5) is 0. The molecule has 0 amide bonds. The molecule has 2 heterocycles. The number of aromatic nitrogens is 2. The van der Waals surface area contributed by atoms with Crippen LogP contribution in [-0.2, 0) is 0 Å². The van der Waals surface area contributed by atoms with Gasteiger partial charge in [0.1, 0.15) is 5.82 Å². The maximum atomic E-state index is 5.86. The van der Waals surface area contributed by atoms with E-state index in [0.717, 1.165) is 22.5 Å². The molecule has 2 N–H and O–H groups in total. The fourth-order valence-electron chi connectivity index (χ4n) is 1.79. The first kappa shape index (κ1) is 8.94. The average molecular weight is 197 g/mol. The van der Waals surface area contributed by atoms with Gasteiger partial charge >= 0.3 is 0 Å². The van der Waals surface area contributed by atoms with Crippen LogP contribution in [0.5, 0.6) is 0 Å². The summed E-state index contributed by atoms with van der Waals surface area (Å²) in [5, 5.41) is 5.15. The van der Waals surface area contributed by atoms with Gasteiger partial charge in [-0.1, -0.05) is 6.92 Å². The summed E-state index contributed by atoms with van der Waals surface area (Å²) in [7, 11) is 0. The molecule has 1 aliphatic rings. The summed E-state index contributed by atoms with van der Waals surface area (Å²) in [6.07, 6.45) is 1.19. The molecule has 1 aliphatic heterocycles. The topological polar surface area (TPSA) is 43.8 Å². The Morgan fingerprint density at radius 1 is 1.69 bits per heavy atom. The fraction of sp³-hybridized carbons (Fsp3) is 0.667. The van der Waals surface area contributed by atoms with Gasteiger partial charge in [-0.2, -0.15) is 16.9 Å². The Labute approximate surface area is 82.7 Å². The van der Waals surface area contributed by atoms with Crippen LogP contribution in [0.2, 0.25) is 0 Å². The molecule has 13 heavy (non-hydrogen) atoms. The van der Waals surface area contributed by atoms with Crippen molar-refractivity contribution in [2.24, 2.45) is 0 Å². The first-order valence-electron chi connectivity index (χ1n) is 4.60. The number of hydrogen-bond acceptors (Lipinski definition) is 3. The maximum Gasteiger partial charge on any atom is 0.122 e. The van der Waals surface area contributed by atoms with Gasteiger partial charge in [0.25, 0.3) is 0 Å². The second-order valence-electron chi connectivity index (χ2n) is 3.69. The molecule has 2 rings (SSSR count).